The van der Waals surface area contributed by atoms with E-state index >= 15 is 0 Å². The standard InChI is InChI=1S/C15H20N2O3S/c1-11-10-12(15(18)16-13-5-6-13)4-7-14(11)17-8-2-3-9-21(17,19)20/h4,7,10,13H,2-3,5-6,8-9H2,1H3,(H,16,18). The zero-order valence-corrected chi connectivity index (χ0v) is 12.9. The molecule has 0 bridgehead atoms. The van der Waals surface area contributed by atoms with E-state index in [1.165, 1.54) is 4.31 Å². The van der Waals surface area contributed by atoms with Gasteiger partial charge < -0.3 is 5.32 Å². The van der Waals surface area contributed by atoms with E-state index in [0.29, 0.717) is 23.8 Å². The summed E-state index contributed by atoms with van der Waals surface area (Å²) in [4.78, 5) is 12.0. The molecule has 2 aliphatic rings. The van der Waals surface area contributed by atoms with Crippen molar-refractivity contribution in [3.8, 4) is 0 Å². The summed E-state index contributed by atoms with van der Waals surface area (Å²) in [5.74, 6) is 0.129. The third-order valence-corrected chi connectivity index (χ3v) is 5.84. The van der Waals surface area contributed by atoms with Crippen LogP contribution in [0.15, 0.2) is 18.2 Å². The number of benzene rings is 1. The van der Waals surface area contributed by atoms with Gasteiger partial charge in [0.05, 0.1) is 11.4 Å². The van der Waals surface area contributed by atoms with Crippen LogP contribution in [0.1, 0.15) is 41.6 Å². The molecule has 6 heteroatoms. The molecule has 1 amide bonds. The second-order valence-electron chi connectivity index (χ2n) is 5.84. The van der Waals surface area contributed by atoms with Gasteiger partial charge in [0.1, 0.15) is 0 Å². The molecular weight excluding hydrogens is 288 g/mol. The molecule has 1 N–H and O–H groups in total. The maximum atomic E-state index is 12.2. The SMILES string of the molecule is Cc1cc(C(=O)NC2CC2)ccc1N1CCCCS1(=O)=O. The summed E-state index contributed by atoms with van der Waals surface area (Å²) in [6.07, 6.45) is 3.70. The van der Waals surface area contributed by atoms with Crippen LogP contribution in [0.2, 0.25) is 0 Å². The van der Waals surface area contributed by atoms with E-state index in [1.807, 2.05) is 6.92 Å². The Morgan fingerprint density at radius 3 is 2.67 bits per heavy atom. The predicted molar refractivity (Wildman–Crippen MR) is 82.0 cm³/mol. The Morgan fingerprint density at radius 2 is 2.05 bits per heavy atom. The van der Waals surface area contributed by atoms with E-state index in [1.54, 1.807) is 18.2 Å². The van der Waals surface area contributed by atoms with Gasteiger partial charge in [-0.2, -0.15) is 0 Å². The maximum Gasteiger partial charge on any atom is 0.251 e. The van der Waals surface area contributed by atoms with Gasteiger partial charge in [0, 0.05) is 18.2 Å². The lowest BCUT2D eigenvalue weighted by atomic mass is 10.1. The van der Waals surface area contributed by atoms with Crippen molar-refractivity contribution in [3.63, 3.8) is 0 Å². The molecular formula is C15H20N2O3S. The topological polar surface area (TPSA) is 66.5 Å². The number of amides is 1. The van der Waals surface area contributed by atoms with Gasteiger partial charge in [0.25, 0.3) is 5.91 Å². The molecule has 1 saturated heterocycles. The minimum atomic E-state index is -3.21. The van der Waals surface area contributed by atoms with Crippen LogP contribution in [0.3, 0.4) is 0 Å². The summed E-state index contributed by atoms with van der Waals surface area (Å²) >= 11 is 0. The quantitative estimate of drug-likeness (QED) is 0.926. The molecule has 0 radical (unpaired) electrons. The lowest BCUT2D eigenvalue weighted by Gasteiger charge is -2.29. The number of sulfonamides is 1. The van der Waals surface area contributed by atoms with Crippen molar-refractivity contribution in [3.05, 3.63) is 29.3 Å². The van der Waals surface area contributed by atoms with Crippen LogP contribution >= 0.6 is 0 Å². The first-order chi connectivity index (χ1) is 9.97. The molecule has 1 saturated carbocycles. The average Bonchev–Trinajstić information content (AvgIpc) is 3.23. The number of aryl methyl sites for hydroxylation is 1. The molecule has 0 aromatic heterocycles. The molecule has 21 heavy (non-hydrogen) atoms. The zero-order chi connectivity index (χ0) is 15.0. The summed E-state index contributed by atoms with van der Waals surface area (Å²) in [6.45, 7) is 2.38. The van der Waals surface area contributed by atoms with Gasteiger partial charge in [-0.15, -0.1) is 0 Å². The van der Waals surface area contributed by atoms with E-state index in [9.17, 15) is 13.2 Å². The normalized spacial score (nSPS) is 21.1. The van der Waals surface area contributed by atoms with Crippen LogP contribution in [0.4, 0.5) is 5.69 Å². The number of hydrogen-bond donors (Lipinski definition) is 1. The lowest BCUT2D eigenvalue weighted by molar-refractivity contribution is 0.0951. The predicted octanol–water partition coefficient (Wildman–Crippen LogP) is 1.82. The van der Waals surface area contributed by atoms with E-state index in [0.717, 1.165) is 31.2 Å². The van der Waals surface area contributed by atoms with Crippen LogP contribution in [-0.2, 0) is 10.0 Å². The highest BCUT2D eigenvalue weighted by Crippen LogP contribution is 2.28. The van der Waals surface area contributed by atoms with Crippen molar-refractivity contribution in [1.29, 1.82) is 0 Å². The molecule has 0 unspecified atom stereocenters. The summed E-state index contributed by atoms with van der Waals surface area (Å²) in [5.41, 5.74) is 2.11. The Morgan fingerprint density at radius 1 is 1.29 bits per heavy atom. The van der Waals surface area contributed by atoms with Crippen molar-refractivity contribution in [1.82, 2.24) is 5.32 Å². The number of rotatable bonds is 3. The minimum Gasteiger partial charge on any atom is -0.349 e. The van der Waals surface area contributed by atoms with Crippen molar-refractivity contribution in [2.24, 2.45) is 0 Å². The first kappa shape index (κ1) is 14.4. The Kier molecular flexibility index (Phi) is 3.65. The monoisotopic (exact) mass is 308 g/mol. The highest BCUT2D eigenvalue weighted by Gasteiger charge is 2.28. The fourth-order valence-corrected chi connectivity index (χ4v) is 4.33. The molecule has 0 atom stereocenters. The molecule has 0 spiro atoms. The van der Waals surface area contributed by atoms with E-state index in [2.05, 4.69) is 5.32 Å². The minimum absolute atomic E-state index is 0.0753. The van der Waals surface area contributed by atoms with E-state index in [4.69, 9.17) is 0 Å². The van der Waals surface area contributed by atoms with Crippen molar-refractivity contribution in [2.75, 3.05) is 16.6 Å². The molecule has 114 valence electrons. The van der Waals surface area contributed by atoms with Gasteiger partial charge >= 0.3 is 0 Å². The zero-order valence-electron chi connectivity index (χ0n) is 12.1. The van der Waals surface area contributed by atoms with Crippen molar-refractivity contribution >= 4 is 21.6 Å². The molecule has 1 aromatic rings. The number of nitrogens with zero attached hydrogens (tertiary/aromatic N) is 1. The fraction of sp³-hybridized carbons (Fsp3) is 0.533. The summed E-state index contributed by atoms with van der Waals surface area (Å²) in [5, 5.41) is 2.94. The Balaban J connectivity index is 1.85. The average molecular weight is 308 g/mol. The largest absolute Gasteiger partial charge is 0.349 e. The number of carbonyl (C=O) groups excluding carboxylic acids is 1. The highest BCUT2D eigenvalue weighted by atomic mass is 32.2. The van der Waals surface area contributed by atoms with Gasteiger partial charge in [0.15, 0.2) is 0 Å². The van der Waals surface area contributed by atoms with Gasteiger partial charge in [0.2, 0.25) is 10.0 Å². The Bertz CT molecular complexity index is 665. The van der Waals surface area contributed by atoms with Crippen molar-refractivity contribution < 1.29 is 13.2 Å². The Hall–Kier alpha value is -1.56. The summed E-state index contributed by atoms with van der Waals surface area (Å²) < 4.78 is 25.8. The third-order valence-electron chi connectivity index (χ3n) is 3.99. The van der Waals surface area contributed by atoms with Gasteiger partial charge in [-0.05, 0) is 56.4 Å². The molecule has 5 nitrogen and oxygen atoms in total. The van der Waals surface area contributed by atoms with Crippen LogP contribution < -0.4 is 9.62 Å². The van der Waals surface area contributed by atoms with Gasteiger partial charge in [-0.25, -0.2) is 8.42 Å². The van der Waals surface area contributed by atoms with Crippen LogP contribution in [-0.4, -0.2) is 32.7 Å². The maximum absolute atomic E-state index is 12.2. The summed E-state index contributed by atoms with van der Waals surface area (Å²) in [6, 6.07) is 5.56. The second-order valence-corrected chi connectivity index (χ2v) is 7.86. The molecule has 3 rings (SSSR count). The molecule has 1 aromatic carbocycles. The smallest absolute Gasteiger partial charge is 0.251 e. The molecule has 1 heterocycles. The number of anilines is 1. The van der Waals surface area contributed by atoms with E-state index in [-0.39, 0.29) is 11.7 Å². The highest BCUT2D eigenvalue weighted by molar-refractivity contribution is 7.92. The van der Waals surface area contributed by atoms with Crippen LogP contribution in [0, 0.1) is 6.92 Å². The van der Waals surface area contributed by atoms with Gasteiger partial charge in [-0.1, -0.05) is 0 Å². The second kappa shape index (κ2) is 5.33. The molecule has 1 aliphatic heterocycles. The Labute approximate surface area is 125 Å². The first-order valence-electron chi connectivity index (χ1n) is 7.39. The number of carbonyl (C=O) groups is 1. The molecule has 2 fully saturated rings. The van der Waals surface area contributed by atoms with Crippen molar-refractivity contribution in [2.45, 2.75) is 38.6 Å². The number of nitrogens with one attached hydrogen (secondary N) is 1. The van der Waals surface area contributed by atoms with E-state index < -0.39 is 10.0 Å². The lowest BCUT2D eigenvalue weighted by Crippen LogP contribution is -2.38. The summed E-state index contributed by atoms with van der Waals surface area (Å²) in [7, 11) is -3.21. The van der Waals surface area contributed by atoms with Crippen LogP contribution in [0.5, 0.6) is 0 Å². The molecule has 1 aliphatic carbocycles. The fourth-order valence-electron chi connectivity index (χ4n) is 2.63. The first-order valence-corrected chi connectivity index (χ1v) is 9.00. The van der Waals surface area contributed by atoms with Gasteiger partial charge in [-0.3, -0.25) is 9.10 Å². The third kappa shape index (κ3) is 3.05. The number of hydrogen-bond acceptors (Lipinski definition) is 3. The van der Waals surface area contributed by atoms with Crippen LogP contribution in [0.25, 0.3) is 0 Å².